The van der Waals surface area contributed by atoms with Crippen LogP contribution in [0.5, 0.6) is 0 Å². The van der Waals surface area contributed by atoms with Crippen molar-refractivity contribution >= 4 is 20.6 Å². The van der Waals surface area contributed by atoms with E-state index in [1.54, 1.807) is 0 Å². The summed E-state index contributed by atoms with van der Waals surface area (Å²) in [6.45, 7) is 1.44. The Kier molecular flexibility index (Phi) is 5.41. The SMILES string of the molecule is CC(=O)Br.Fc1cc(F)c(F)c(F)c1F. The monoisotopic (exact) mass is 290 g/mol. The molecule has 0 saturated carbocycles. The van der Waals surface area contributed by atoms with E-state index < -0.39 is 29.1 Å². The van der Waals surface area contributed by atoms with Crippen molar-refractivity contribution in [3.05, 3.63) is 35.2 Å². The van der Waals surface area contributed by atoms with Gasteiger partial charge in [-0.25, -0.2) is 22.0 Å². The molecule has 0 spiro atoms. The van der Waals surface area contributed by atoms with Gasteiger partial charge in [-0.2, -0.15) is 0 Å². The summed E-state index contributed by atoms with van der Waals surface area (Å²) in [6, 6.07) is -0.0618. The molecule has 0 unspecified atom stereocenters. The fourth-order valence-electron chi connectivity index (χ4n) is 0.544. The molecule has 1 aromatic carbocycles. The normalized spacial score (nSPS) is 9.27. The first kappa shape index (κ1) is 14.0. The van der Waals surface area contributed by atoms with Gasteiger partial charge >= 0.3 is 0 Å². The molecule has 0 N–H and O–H groups in total. The van der Waals surface area contributed by atoms with Gasteiger partial charge in [-0.05, 0) is 15.9 Å². The van der Waals surface area contributed by atoms with Crippen LogP contribution in [0.3, 0.4) is 0 Å². The summed E-state index contributed by atoms with van der Waals surface area (Å²) in [5.74, 6) is -9.65. The molecule has 0 fully saturated rings. The molecule has 0 aromatic heterocycles. The van der Waals surface area contributed by atoms with Crippen LogP contribution in [-0.2, 0) is 4.79 Å². The summed E-state index contributed by atoms with van der Waals surface area (Å²) in [5, 5.41) is 0. The van der Waals surface area contributed by atoms with Crippen molar-refractivity contribution in [2.24, 2.45) is 0 Å². The Bertz CT molecular complexity index is 350. The quantitative estimate of drug-likeness (QED) is 0.310. The van der Waals surface area contributed by atoms with Crippen LogP contribution in [-0.4, -0.2) is 4.69 Å². The maximum atomic E-state index is 12.0. The molecular formula is C8H4BrF5O. The van der Waals surface area contributed by atoms with Crippen molar-refractivity contribution in [3.8, 4) is 0 Å². The number of benzene rings is 1. The first-order valence-corrected chi connectivity index (χ1v) is 4.21. The standard InChI is InChI=1S/C6HF5.C2H3BrO/c7-2-1-3(8)5(10)6(11)4(2)9;1-2(3)4/h1H;1H3. The molecular weight excluding hydrogens is 287 g/mol. The first-order valence-electron chi connectivity index (χ1n) is 3.42. The van der Waals surface area contributed by atoms with Gasteiger partial charge in [0.15, 0.2) is 28.0 Å². The predicted molar refractivity (Wildman–Crippen MR) is 45.8 cm³/mol. The van der Waals surface area contributed by atoms with Crippen LogP contribution in [0.15, 0.2) is 6.07 Å². The number of carbonyl (C=O) groups is 1. The Hall–Kier alpha value is -0.980. The van der Waals surface area contributed by atoms with E-state index >= 15 is 0 Å². The van der Waals surface area contributed by atoms with Crippen LogP contribution >= 0.6 is 15.9 Å². The number of hydrogen-bond acceptors (Lipinski definition) is 1. The van der Waals surface area contributed by atoms with Crippen LogP contribution in [0.4, 0.5) is 22.0 Å². The molecule has 0 atom stereocenters. The van der Waals surface area contributed by atoms with E-state index in [-0.39, 0.29) is 10.8 Å². The summed E-state index contributed by atoms with van der Waals surface area (Å²) in [6.07, 6.45) is 0. The van der Waals surface area contributed by atoms with Gasteiger partial charge in [0.05, 0.1) is 0 Å². The van der Waals surface area contributed by atoms with Crippen molar-refractivity contribution in [1.29, 1.82) is 0 Å². The summed E-state index contributed by atoms with van der Waals surface area (Å²) in [5.41, 5.74) is 0. The summed E-state index contributed by atoms with van der Waals surface area (Å²) in [7, 11) is 0. The summed E-state index contributed by atoms with van der Waals surface area (Å²) < 4.78 is 60.0. The minimum absolute atomic E-state index is 0.0208. The molecule has 1 nitrogen and oxygen atoms in total. The molecule has 1 rings (SSSR count). The molecule has 0 saturated heterocycles. The fraction of sp³-hybridized carbons (Fsp3) is 0.125. The highest BCUT2D eigenvalue weighted by molar-refractivity contribution is 9.18. The Labute approximate surface area is 90.0 Å². The van der Waals surface area contributed by atoms with E-state index in [9.17, 15) is 26.7 Å². The number of hydrogen-bond donors (Lipinski definition) is 0. The second-order valence-electron chi connectivity index (χ2n) is 2.25. The zero-order valence-corrected chi connectivity index (χ0v) is 8.84. The predicted octanol–water partition coefficient (Wildman–Crippen LogP) is 3.31. The smallest absolute Gasteiger partial charge is 0.200 e. The van der Waals surface area contributed by atoms with Crippen molar-refractivity contribution in [1.82, 2.24) is 0 Å². The van der Waals surface area contributed by atoms with E-state index in [0.717, 1.165) is 0 Å². The topological polar surface area (TPSA) is 17.1 Å². The minimum atomic E-state index is -2.14. The highest BCUT2D eigenvalue weighted by atomic mass is 79.9. The Morgan fingerprint density at radius 3 is 1.53 bits per heavy atom. The molecule has 0 radical (unpaired) electrons. The van der Waals surface area contributed by atoms with Gasteiger partial charge in [0.1, 0.15) is 0 Å². The lowest BCUT2D eigenvalue weighted by Crippen LogP contribution is -1.98. The van der Waals surface area contributed by atoms with Crippen molar-refractivity contribution in [2.45, 2.75) is 6.92 Å². The van der Waals surface area contributed by atoms with Gasteiger partial charge in [0, 0.05) is 13.0 Å². The minimum Gasteiger partial charge on any atom is -0.287 e. The van der Waals surface area contributed by atoms with Crippen molar-refractivity contribution < 1.29 is 26.7 Å². The molecule has 0 heterocycles. The molecule has 1 aromatic rings. The second-order valence-corrected chi connectivity index (χ2v) is 3.37. The van der Waals surface area contributed by atoms with E-state index in [4.69, 9.17) is 0 Å². The average Bonchev–Trinajstić information content (AvgIpc) is 2.11. The highest BCUT2D eigenvalue weighted by Gasteiger charge is 2.18. The third-order valence-corrected chi connectivity index (χ3v) is 1.06. The lowest BCUT2D eigenvalue weighted by atomic mass is 10.3. The molecule has 0 aliphatic rings. The number of carbonyl (C=O) groups excluding carboxylic acids is 1. The Balaban J connectivity index is 0.000000423. The van der Waals surface area contributed by atoms with E-state index in [1.807, 2.05) is 0 Å². The van der Waals surface area contributed by atoms with Gasteiger partial charge in [-0.1, -0.05) is 0 Å². The van der Waals surface area contributed by atoms with Crippen molar-refractivity contribution in [3.63, 3.8) is 0 Å². The molecule has 7 heteroatoms. The second kappa shape index (κ2) is 5.79. The van der Waals surface area contributed by atoms with Crippen LogP contribution in [0.2, 0.25) is 0 Å². The fourth-order valence-corrected chi connectivity index (χ4v) is 0.544. The molecule has 0 bridgehead atoms. The first-order chi connectivity index (χ1) is 6.77. The highest BCUT2D eigenvalue weighted by Crippen LogP contribution is 2.16. The molecule has 0 amide bonds. The molecule has 0 aliphatic carbocycles. The zero-order valence-electron chi connectivity index (χ0n) is 7.25. The average molecular weight is 291 g/mol. The lowest BCUT2D eigenvalue weighted by molar-refractivity contribution is -0.108. The van der Waals surface area contributed by atoms with Gasteiger partial charge < -0.3 is 0 Å². The Morgan fingerprint density at radius 2 is 1.27 bits per heavy atom. The molecule has 0 aliphatic heterocycles. The third kappa shape index (κ3) is 4.37. The largest absolute Gasteiger partial charge is 0.287 e. The summed E-state index contributed by atoms with van der Waals surface area (Å²) >= 11 is 2.63. The number of rotatable bonds is 0. The lowest BCUT2D eigenvalue weighted by Gasteiger charge is -1.96. The van der Waals surface area contributed by atoms with Gasteiger partial charge in [-0.3, -0.25) is 4.79 Å². The van der Waals surface area contributed by atoms with Gasteiger partial charge in [0.25, 0.3) is 0 Å². The van der Waals surface area contributed by atoms with E-state index in [0.29, 0.717) is 0 Å². The van der Waals surface area contributed by atoms with E-state index in [1.165, 1.54) is 6.92 Å². The van der Waals surface area contributed by atoms with Crippen molar-refractivity contribution in [2.75, 3.05) is 0 Å². The maximum absolute atomic E-state index is 12.0. The third-order valence-electron chi connectivity index (χ3n) is 1.06. The number of halogens is 6. The molecule has 84 valence electrons. The van der Waals surface area contributed by atoms with Crippen LogP contribution in [0.25, 0.3) is 0 Å². The van der Waals surface area contributed by atoms with Crippen LogP contribution < -0.4 is 0 Å². The van der Waals surface area contributed by atoms with Crippen LogP contribution in [0.1, 0.15) is 6.92 Å². The van der Waals surface area contributed by atoms with E-state index in [2.05, 4.69) is 15.9 Å². The van der Waals surface area contributed by atoms with Gasteiger partial charge in [-0.15, -0.1) is 0 Å². The maximum Gasteiger partial charge on any atom is 0.200 e. The zero-order chi connectivity index (χ0) is 12.2. The Morgan fingerprint density at radius 1 is 1.00 bits per heavy atom. The van der Waals surface area contributed by atoms with Gasteiger partial charge in [0.2, 0.25) is 5.82 Å². The molecule has 15 heavy (non-hydrogen) atoms. The van der Waals surface area contributed by atoms with Crippen LogP contribution in [0, 0.1) is 29.1 Å². The summed E-state index contributed by atoms with van der Waals surface area (Å²) in [4.78, 5) is 9.36.